The van der Waals surface area contributed by atoms with Gasteiger partial charge in [0, 0.05) is 6.08 Å². The number of amides is 1. The van der Waals surface area contributed by atoms with Crippen molar-refractivity contribution in [2.45, 2.75) is 26.8 Å². The maximum Gasteiger partial charge on any atom is 0.244 e. The van der Waals surface area contributed by atoms with Crippen LogP contribution in [0.15, 0.2) is 42.5 Å². The predicted molar refractivity (Wildman–Crippen MR) is 94.1 cm³/mol. The lowest BCUT2D eigenvalue weighted by Gasteiger charge is -2.16. The lowest BCUT2D eigenvalue weighted by molar-refractivity contribution is -0.117. The van der Waals surface area contributed by atoms with E-state index >= 15 is 0 Å². The van der Waals surface area contributed by atoms with Crippen LogP contribution in [0.2, 0.25) is 0 Å². The van der Waals surface area contributed by atoms with Crippen LogP contribution in [0.1, 0.15) is 35.2 Å². The van der Waals surface area contributed by atoms with Crippen LogP contribution < -0.4 is 14.8 Å². The number of carbonyl (C=O) groups is 1. The van der Waals surface area contributed by atoms with Crippen molar-refractivity contribution in [1.29, 1.82) is 0 Å². The number of hydrogen-bond acceptors (Lipinski definition) is 3. The maximum absolute atomic E-state index is 12.2. The Bertz CT molecular complexity index is 795. The first kappa shape index (κ1) is 16.1. The summed E-state index contributed by atoms with van der Waals surface area (Å²) in [7, 11) is 0. The van der Waals surface area contributed by atoms with Gasteiger partial charge in [-0.05, 0) is 55.7 Å². The van der Waals surface area contributed by atoms with Crippen LogP contribution in [0.3, 0.4) is 0 Å². The highest BCUT2D eigenvalue weighted by Gasteiger charge is 2.13. The minimum absolute atomic E-state index is 0.0421. The third-order valence-electron chi connectivity index (χ3n) is 4.07. The van der Waals surface area contributed by atoms with Crippen molar-refractivity contribution in [3.05, 3.63) is 64.7 Å². The summed E-state index contributed by atoms with van der Waals surface area (Å²) in [5.74, 6) is 1.32. The van der Waals surface area contributed by atoms with Crippen molar-refractivity contribution in [1.82, 2.24) is 5.32 Å². The molecule has 2 aromatic rings. The Labute approximate surface area is 142 Å². The predicted octanol–water partition coefficient (Wildman–Crippen LogP) is 3.92. The maximum atomic E-state index is 12.2. The molecular weight excluding hydrogens is 302 g/mol. The van der Waals surface area contributed by atoms with E-state index in [1.807, 2.05) is 25.1 Å². The molecular formula is C20H21NO3. The molecule has 2 aromatic carbocycles. The molecule has 0 aromatic heterocycles. The van der Waals surface area contributed by atoms with Crippen LogP contribution >= 0.6 is 0 Å². The fraction of sp³-hybridized carbons (Fsp3) is 0.250. The molecule has 1 amide bonds. The van der Waals surface area contributed by atoms with Crippen LogP contribution in [0.5, 0.6) is 11.5 Å². The quantitative estimate of drug-likeness (QED) is 0.868. The van der Waals surface area contributed by atoms with E-state index in [9.17, 15) is 4.79 Å². The van der Waals surface area contributed by atoms with Gasteiger partial charge in [0.05, 0.1) is 6.04 Å². The Morgan fingerprint density at radius 1 is 1.12 bits per heavy atom. The molecule has 1 N–H and O–H groups in total. The van der Waals surface area contributed by atoms with Gasteiger partial charge in [-0.1, -0.05) is 29.8 Å². The summed E-state index contributed by atoms with van der Waals surface area (Å²) >= 11 is 0. The minimum Gasteiger partial charge on any atom is -0.454 e. The number of nitrogens with one attached hydrogen (secondary N) is 1. The third kappa shape index (κ3) is 3.59. The van der Waals surface area contributed by atoms with Gasteiger partial charge in [0.25, 0.3) is 0 Å². The molecule has 4 heteroatoms. The number of rotatable bonds is 4. The van der Waals surface area contributed by atoms with Gasteiger partial charge in [0.15, 0.2) is 11.5 Å². The fourth-order valence-electron chi connectivity index (χ4n) is 2.84. The average Bonchev–Trinajstić information content (AvgIpc) is 3.00. The summed E-state index contributed by atoms with van der Waals surface area (Å²) in [5, 5.41) is 3.00. The van der Waals surface area contributed by atoms with E-state index in [-0.39, 0.29) is 18.7 Å². The summed E-state index contributed by atoms with van der Waals surface area (Å²) < 4.78 is 10.6. The van der Waals surface area contributed by atoms with E-state index in [0.29, 0.717) is 5.75 Å². The lowest BCUT2D eigenvalue weighted by Crippen LogP contribution is -2.25. The molecule has 124 valence electrons. The Morgan fingerprint density at radius 3 is 2.71 bits per heavy atom. The lowest BCUT2D eigenvalue weighted by atomic mass is 10.0. The van der Waals surface area contributed by atoms with Crippen molar-refractivity contribution in [2.24, 2.45) is 0 Å². The van der Waals surface area contributed by atoms with Gasteiger partial charge < -0.3 is 14.8 Å². The highest BCUT2D eigenvalue weighted by molar-refractivity contribution is 5.92. The first-order valence-electron chi connectivity index (χ1n) is 7.98. The van der Waals surface area contributed by atoms with Crippen LogP contribution in [0.4, 0.5) is 0 Å². The summed E-state index contributed by atoms with van der Waals surface area (Å²) in [6, 6.07) is 11.8. The molecule has 0 fully saturated rings. The summed E-state index contributed by atoms with van der Waals surface area (Å²) in [5.41, 5.74) is 4.43. The van der Waals surface area contributed by atoms with Crippen molar-refractivity contribution in [3.8, 4) is 11.5 Å². The topological polar surface area (TPSA) is 47.6 Å². The molecule has 1 aliphatic rings. The van der Waals surface area contributed by atoms with Crippen LogP contribution in [0.25, 0.3) is 6.08 Å². The normalized spacial score (nSPS) is 14.0. The van der Waals surface area contributed by atoms with Gasteiger partial charge in [-0.25, -0.2) is 0 Å². The number of fused-ring (bicyclic) bond motifs is 1. The zero-order valence-corrected chi connectivity index (χ0v) is 14.1. The minimum atomic E-state index is -0.125. The van der Waals surface area contributed by atoms with Gasteiger partial charge in [-0.3, -0.25) is 4.79 Å². The largest absolute Gasteiger partial charge is 0.454 e. The van der Waals surface area contributed by atoms with Gasteiger partial charge >= 0.3 is 0 Å². The first-order chi connectivity index (χ1) is 11.5. The SMILES string of the molecule is Cc1ccc(C(C)NC(=O)/C=C/c2ccc3c(c2)OCO3)c(C)c1. The molecule has 0 radical (unpaired) electrons. The molecule has 0 aliphatic carbocycles. The molecule has 1 unspecified atom stereocenters. The van der Waals surface area contributed by atoms with E-state index in [2.05, 4.69) is 37.4 Å². The average molecular weight is 323 g/mol. The Kier molecular flexibility index (Phi) is 4.56. The standard InChI is InChI=1S/C20H21NO3/c1-13-4-7-17(14(2)10-13)15(3)21-20(22)9-6-16-5-8-18-19(11-16)24-12-23-18/h4-11,15H,12H2,1-3H3,(H,21,22)/b9-6+. The molecule has 0 saturated heterocycles. The molecule has 4 nitrogen and oxygen atoms in total. The Balaban J connectivity index is 1.64. The monoisotopic (exact) mass is 323 g/mol. The highest BCUT2D eigenvalue weighted by Crippen LogP contribution is 2.32. The van der Waals surface area contributed by atoms with Crippen LogP contribution in [-0.4, -0.2) is 12.7 Å². The number of carbonyl (C=O) groups excluding carboxylic acids is 1. The molecule has 3 rings (SSSR count). The highest BCUT2D eigenvalue weighted by atomic mass is 16.7. The van der Waals surface area contributed by atoms with Crippen molar-refractivity contribution in [3.63, 3.8) is 0 Å². The van der Waals surface area contributed by atoms with Gasteiger partial charge in [0.2, 0.25) is 12.7 Å². The number of hydrogen-bond donors (Lipinski definition) is 1. The zero-order valence-electron chi connectivity index (χ0n) is 14.1. The van der Waals surface area contributed by atoms with Gasteiger partial charge in [-0.15, -0.1) is 0 Å². The second-order valence-electron chi connectivity index (χ2n) is 6.04. The van der Waals surface area contributed by atoms with Crippen LogP contribution in [-0.2, 0) is 4.79 Å². The zero-order chi connectivity index (χ0) is 17.1. The molecule has 1 heterocycles. The summed E-state index contributed by atoms with van der Waals surface area (Å²) in [6.07, 6.45) is 3.31. The molecule has 0 saturated carbocycles. The van der Waals surface area contributed by atoms with E-state index < -0.39 is 0 Å². The summed E-state index contributed by atoms with van der Waals surface area (Å²) in [6.45, 7) is 6.36. The van der Waals surface area contributed by atoms with Crippen molar-refractivity contribution in [2.75, 3.05) is 6.79 Å². The molecule has 24 heavy (non-hydrogen) atoms. The van der Waals surface area contributed by atoms with E-state index in [1.54, 1.807) is 6.08 Å². The summed E-state index contributed by atoms with van der Waals surface area (Å²) in [4.78, 5) is 12.2. The van der Waals surface area contributed by atoms with Crippen molar-refractivity contribution < 1.29 is 14.3 Å². The number of ether oxygens (including phenoxy) is 2. The number of benzene rings is 2. The van der Waals surface area contributed by atoms with Gasteiger partial charge in [-0.2, -0.15) is 0 Å². The molecule has 1 atom stereocenters. The van der Waals surface area contributed by atoms with Gasteiger partial charge in [0.1, 0.15) is 0 Å². The second-order valence-corrected chi connectivity index (χ2v) is 6.04. The van der Waals surface area contributed by atoms with Crippen LogP contribution in [0, 0.1) is 13.8 Å². The van der Waals surface area contributed by atoms with E-state index in [4.69, 9.17) is 9.47 Å². The second kappa shape index (κ2) is 6.79. The smallest absolute Gasteiger partial charge is 0.244 e. The number of aryl methyl sites for hydroxylation is 2. The molecule has 0 spiro atoms. The fourth-order valence-corrected chi connectivity index (χ4v) is 2.84. The van der Waals surface area contributed by atoms with E-state index in [1.165, 1.54) is 17.2 Å². The third-order valence-corrected chi connectivity index (χ3v) is 4.07. The van der Waals surface area contributed by atoms with E-state index in [0.717, 1.165) is 16.9 Å². The molecule has 1 aliphatic heterocycles. The Hall–Kier alpha value is -2.75. The molecule has 0 bridgehead atoms. The first-order valence-corrected chi connectivity index (χ1v) is 7.98. The Morgan fingerprint density at radius 2 is 1.92 bits per heavy atom. The van der Waals surface area contributed by atoms with Crippen molar-refractivity contribution >= 4 is 12.0 Å².